The lowest BCUT2D eigenvalue weighted by atomic mass is 10.2. The Hall–Kier alpha value is -1.62. The zero-order valence-electron chi connectivity index (χ0n) is 10.8. The van der Waals surface area contributed by atoms with Crippen molar-refractivity contribution in [2.45, 2.75) is 32.8 Å². The molecule has 1 aromatic rings. The third-order valence-electron chi connectivity index (χ3n) is 2.53. The van der Waals surface area contributed by atoms with Crippen LogP contribution in [-0.4, -0.2) is 35.3 Å². The van der Waals surface area contributed by atoms with E-state index in [2.05, 4.69) is 10.3 Å². The molecule has 0 saturated heterocycles. The Bertz CT molecular complexity index is 365. The number of nitrogens with one attached hydrogen (secondary N) is 1. The van der Waals surface area contributed by atoms with Gasteiger partial charge in [-0.05, 0) is 31.9 Å². The Morgan fingerprint density at radius 2 is 2.28 bits per heavy atom. The first-order valence-corrected chi connectivity index (χ1v) is 6.22. The second kappa shape index (κ2) is 7.66. The predicted molar refractivity (Wildman–Crippen MR) is 69.6 cm³/mol. The van der Waals surface area contributed by atoms with Crippen LogP contribution in [0.3, 0.4) is 0 Å². The summed E-state index contributed by atoms with van der Waals surface area (Å²) in [5.41, 5.74) is 0.441. The summed E-state index contributed by atoms with van der Waals surface area (Å²) in [4.78, 5) is 15.5. The molecule has 0 aliphatic carbocycles. The first kappa shape index (κ1) is 14.4. The average Bonchev–Trinajstić information content (AvgIpc) is 2.39. The van der Waals surface area contributed by atoms with Gasteiger partial charge in [0.15, 0.2) is 0 Å². The van der Waals surface area contributed by atoms with Crippen molar-refractivity contribution in [1.29, 1.82) is 0 Å². The van der Waals surface area contributed by atoms with Crippen LogP contribution in [0.15, 0.2) is 18.3 Å². The molecule has 0 aliphatic rings. The molecular weight excluding hydrogens is 232 g/mol. The number of esters is 1. The van der Waals surface area contributed by atoms with Gasteiger partial charge in [-0.3, -0.25) is 0 Å². The summed E-state index contributed by atoms with van der Waals surface area (Å²) in [6.45, 7) is 4.71. The van der Waals surface area contributed by atoms with Crippen molar-refractivity contribution in [3.8, 4) is 0 Å². The van der Waals surface area contributed by atoms with Crippen molar-refractivity contribution in [3.63, 3.8) is 0 Å². The Morgan fingerprint density at radius 3 is 2.83 bits per heavy atom. The van der Waals surface area contributed by atoms with Gasteiger partial charge in [-0.2, -0.15) is 0 Å². The molecule has 5 heteroatoms. The molecule has 1 heterocycles. The molecule has 5 nitrogen and oxygen atoms in total. The Balaban J connectivity index is 2.43. The minimum atomic E-state index is -0.363. The number of aliphatic hydroxyl groups is 1. The molecular formula is C13H20N2O3. The minimum absolute atomic E-state index is 0.281. The highest BCUT2D eigenvalue weighted by atomic mass is 16.5. The van der Waals surface area contributed by atoms with Crippen molar-refractivity contribution >= 4 is 11.8 Å². The van der Waals surface area contributed by atoms with E-state index in [1.54, 1.807) is 19.1 Å². The average molecular weight is 252 g/mol. The minimum Gasteiger partial charge on any atom is -0.462 e. The lowest BCUT2D eigenvalue weighted by Crippen LogP contribution is -2.13. The molecule has 1 aromatic heterocycles. The number of hydrogen-bond donors (Lipinski definition) is 2. The summed E-state index contributed by atoms with van der Waals surface area (Å²) in [5.74, 6) is 0.323. The van der Waals surface area contributed by atoms with E-state index in [9.17, 15) is 9.90 Å². The van der Waals surface area contributed by atoms with E-state index < -0.39 is 0 Å². The van der Waals surface area contributed by atoms with Gasteiger partial charge in [-0.1, -0.05) is 6.92 Å². The van der Waals surface area contributed by atoms with Crippen LogP contribution in [0.25, 0.3) is 0 Å². The number of carbonyl (C=O) groups excluding carboxylic acids is 1. The molecule has 0 amide bonds. The summed E-state index contributed by atoms with van der Waals surface area (Å²) in [7, 11) is 0. The van der Waals surface area contributed by atoms with Crippen molar-refractivity contribution in [3.05, 3.63) is 23.9 Å². The van der Waals surface area contributed by atoms with E-state index >= 15 is 0 Å². The normalized spacial score (nSPS) is 11.9. The molecule has 0 fully saturated rings. The second-order valence-electron chi connectivity index (χ2n) is 3.93. The third kappa shape index (κ3) is 4.71. The number of carbonyl (C=O) groups is 1. The second-order valence-corrected chi connectivity index (χ2v) is 3.93. The molecule has 18 heavy (non-hydrogen) atoms. The fourth-order valence-electron chi connectivity index (χ4n) is 1.40. The highest BCUT2D eigenvalue weighted by molar-refractivity contribution is 5.89. The van der Waals surface area contributed by atoms with Gasteiger partial charge in [-0.15, -0.1) is 0 Å². The maximum atomic E-state index is 11.4. The van der Waals surface area contributed by atoms with Crippen LogP contribution < -0.4 is 5.32 Å². The lowest BCUT2D eigenvalue weighted by molar-refractivity contribution is 0.0526. The van der Waals surface area contributed by atoms with Gasteiger partial charge in [0.05, 0.1) is 18.3 Å². The summed E-state index contributed by atoms with van der Waals surface area (Å²) < 4.78 is 4.86. The number of ether oxygens (including phenoxy) is 1. The van der Waals surface area contributed by atoms with E-state index in [-0.39, 0.29) is 12.1 Å². The largest absolute Gasteiger partial charge is 0.462 e. The number of pyridine rings is 1. The van der Waals surface area contributed by atoms with Gasteiger partial charge in [-0.25, -0.2) is 9.78 Å². The summed E-state index contributed by atoms with van der Waals surface area (Å²) in [5, 5.41) is 12.5. The van der Waals surface area contributed by atoms with Crippen LogP contribution in [0.4, 0.5) is 5.82 Å². The van der Waals surface area contributed by atoms with Crippen molar-refractivity contribution in [1.82, 2.24) is 4.98 Å². The summed E-state index contributed by atoms with van der Waals surface area (Å²) >= 11 is 0. The maximum Gasteiger partial charge on any atom is 0.339 e. The first-order chi connectivity index (χ1) is 8.67. The Labute approximate surface area is 107 Å². The van der Waals surface area contributed by atoms with E-state index in [4.69, 9.17) is 4.74 Å². The van der Waals surface area contributed by atoms with Gasteiger partial charge < -0.3 is 15.2 Å². The fourth-order valence-corrected chi connectivity index (χ4v) is 1.40. The number of anilines is 1. The zero-order chi connectivity index (χ0) is 13.4. The Morgan fingerprint density at radius 1 is 1.50 bits per heavy atom. The first-order valence-electron chi connectivity index (χ1n) is 6.22. The molecule has 1 rings (SSSR count). The number of nitrogens with zero attached hydrogens (tertiary/aromatic N) is 1. The molecule has 0 saturated carbocycles. The van der Waals surface area contributed by atoms with Crippen LogP contribution in [0.5, 0.6) is 0 Å². The van der Waals surface area contributed by atoms with Crippen LogP contribution >= 0.6 is 0 Å². The molecule has 0 bridgehead atoms. The Kier molecular flexibility index (Phi) is 6.14. The summed E-state index contributed by atoms with van der Waals surface area (Å²) in [6, 6.07) is 3.40. The van der Waals surface area contributed by atoms with E-state index in [1.807, 2.05) is 6.92 Å². The van der Waals surface area contributed by atoms with Gasteiger partial charge >= 0.3 is 5.97 Å². The topological polar surface area (TPSA) is 71.5 Å². The van der Waals surface area contributed by atoms with E-state index in [1.165, 1.54) is 6.20 Å². The molecule has 0 aromatic carbocycles. The molecule has 100 valence electrons. The van der Waals surface area contributed by atoms with E-state index in [0.717, 1.165) is 6.42 Å². The molecule has 0 aliphatic heterocycles. The molecule has 0 spiro atoms. The quantitative estimate of drug-likeness (QED) is 0.724. The highest BCUT2D eigenvalue weighted by Crippen LogP contribution is 2.07. The molecule has 0 radical (unpaired) electrons. The maximum absolute atomic E-state index is 11.4. The van der Waals surface area contributed by atoms with Crippen LogP contribution in [-0.2, 0) is 4.74 Å². The van der Waals surface area contributed by atoms with Crippen molar-refractivity contribution in [2.24, 2.45) is 0 Å². The van der Waals surface area contributed by atoms with Gasteiger partial charge in [0, 0.05) is 12.7 Å². The fraction of sp³-hybridized carbons (Fsp3) is 0.538. The number of aromatic nitrogens is 1. The number of aliphatic hydroxyl groups excluding tert-OH is 1. The highest BCUT2D eigenvalue weighted by Gasteiger charge is 2.06. The van der Waals surface area contributed by atoms with Crippen molar-refractivity contribution < 1.29 is 14.6 Å². The number of hydrogen-bond acceptors (Lipinski definition) is 5. The lowest BCUT2D eigenvalue weighted by Gasteiger charge is -2.09. The third-order valence-corrected chi connectivity index (χ3v) is 2.53. The predicted octanol–water partition coefficient (Wildman–Crippen LogP) is 1.83. The van der Waals surface area contributed by atoms with Crippen LogP contribution in [0.2, 0.25) is 0 Å². The smallest absolute Gasteiger partial charge is 0.339 e. The monoisotopic (exact) mass is 252 g/mol. The molecule has 1 atom stereocenters. The summed E-state index contributed by atoms with van der Waals surface area (Å²) in [6.07, 6.45) is 2.63. The standard InChI is InChI=1S/C13H20N2O3/c1-3-11(16)7-8-14-12-6-5-10(9-15-12)13(17)18-4-2/h5-6,9,11,16H,3-4,7-8H2,1-2H3,(H,14,15). The van der Waals surface area contributed by atoms with Crippen LogP contribution in [0.1, 0.15) is 37.0 Å². The van der Waals surface area contributed by atoms with Gasteiger partial charge in [0.1, 0.15) is 5.82 Å². The van der Waals surface area contributed by atoms with Crippen LogP contribution in [0, 0.1) is 0 Å². The molecule has 1 unspecified atom stereocenters. The van der Waals surface area contributed by atoms with E-state index in [0.29, 0.717) is 31.0 Å². The zero-order valence-corrected chi connectivity index (χ0v) is 10.8. The number of rotatable bonds is 7. The molecule has 2 N–H and O–H groups in total. The van der Waals surface area contributed by atoms with Gasteiger partial charge in [0.25, 0.3) is 0 Å². The SMILES string of the molecule is CCOC(=O)c1ccc(NCCC(O)CC)nc1. The van der Waals surface area contributed by atoms with Crippen molar-refractivity contribution in [2.75, 3.05) is 18.5 Å². The van der Waals surface area contributed by atoms with Gasteiger partial charge in [0.2, 0.25) is 0 Å².